The Hall–Kier alpha value is -1.51. The smallest absolute Gasteiger partial charge is 0.126 e. The van der Waals surface area contributed by atoms with E-state index in [0.717, 1.165) is 11.8 Å². The Morgan fingerprint density at radius 1 is 1.57 bits per heavy atom. The van der Waals surface area contributed by atoms with Gasteiger partial charge in [0.05, 0.1) is 7.11 Å². The molecule has 1 aromatic carbocycles. The molecule has 0 aliphatic rings. The first kappa shape index (κ1) is 10.6. The number of hydrogen-bond donors (Lipinski definition) is 1. The summed E-state index contributed by atoms with van der Waals surface area (Å²) in [5.74, 6) is 0.909. The maximum atomic E-state index is 10.4. The zero-order chi connectivity index (χ0) is 10.6. The second kappa shape index (κ2) is 4.65. The Morgan fingerprint density at radius 3 is 2.86 bits per heavy atom. The molecule has 1 aromatic rings. The lowest BCUT2D eigenvalue weighted by Crippen LogP contribution is -1.98. The molecular weight excluding hydrogens is 180 g/mol. The summed E-state index contributed by atoms with van der Waals surface area (Å²) in [6.07, 6.45) is 1.35. The van der Waals surface area contributed by atoms with Crippen LogP contribution in [0.2, 0.25) is 0 Å². The van der Waals surface area contributed by atoms with E-state index < -0.39 is 0 Å². The highest BCUT2D eigenvalue weighted by atomic mass is 16.5. The average molecular weight is 194 g/mol. The van der Waals surface area contributed by atoms with Crippen molar-refractivity contribution in [2.45, 2.75) is 19.3 Å². The van der Waals surface area contributed by atoms with Crippen molar-refractivity contribution < 1.29 is 14.6 Å². The predicted octanol–water partition coefficient (Wildman–Crippen LogP) is 2.09. The van der Waals surface area contributed by atoms with Gasteiger partial charge < -0.3 is 14.6 Å². The van der Waals surface area contributed by atoms with Crippen LogP contribution in [0.3, 0.4) is 0 Å². The molecule has 14 heavy (non-hydrogen) atoms. The van der Waals surface area contributed by atoms with Crippen LogP contribution in [0.4, 0.5) is 0 Å². The third kappa shape index (κ3) is 2.25. The van der Waals surface area contributed by atoms with Crippen molar-refractivity contribution in [3.8, 4) is 11.5 Å². The highest BCUT2D eigenvalue weighted by molar-refractivity contribution is 5.53. The van der Waals surface area contributed by atoms with E-state index in [2.05, 4.69) is 0 Å². The lowest BCUT2D eigenvalue weighted by atomic mass is 9.97. The minimum Gasteiger partial charge on any atom is -0.508 e. The highest BCUT2D eigenvalue weighted by Crippen LogP contribution is 2.30. The van der Waals surface area contributed by atoms with E-state index in [1.165, 1.54) is 0 Å². The quantitative estimate of drug-likeness (QED) is 0.746. The molecule has 0 amide bonds. The standard InChI is InChI=1S/C11H14O3/c1-8(5-6-12)10-4-3-9(13)7-11(10)14-2/h3-4,6-8,13H,5H2,1-2H3. The van der Waals surface area contributed by atoms with Gasteiger partial charge in [0.1, 0.15) is 17.8 Å². The number of rotatable bonds is 4. The van der Waals surface area contributed by atoms with Crippen molar-refractivity contribution in [1.29, 1.82) is 0 Å². The van der Waals surface area contributed by atoms with E-state index in [0.29, 0.717) is 12.2 Å². The van der Waals surface area contributed by atoms with Crippen molar-refractivity contribution >= 4 is 6.29 Å². The van der Waals surface area contributed by atoms with Crippen molar-refractivity contribution in [3.63, 3.8) is 0 Å². The molecule has 3 heteroatoms. The number of methoxy groups -OCH3 is 1. The van der Waals surface area contributed by atoms with Crippen LogP contribution in [-0.2, 0) is 4.79 Å². The van der Waals surface area contributed by atoms with Gasteiger partial charge in [0.2, 0.25) is 0 Å². The van der Waals surface area contributed by atoms with Gasteiger partial charge in [-0.2, -0.15) is 0 Å². The van der Waals surface area contributed by atoms with Gasteiger partial charge in [0.15, 0.2) is 0 Å². The minimum absolute atomic E-state index is 0.114. The third-order valence-electron chi connectivity index (χ3n) is 2.20. The maximum Gasteiger partial charge on any atom is 0.126 e. The number of phenolic OH excluding ortho intramolecular Hbond substituents is 1. The summed E-state index contributed by atoms with van der Waals surface area (Å²) in [7, 11) is 1.55. The monoisotopic (exact) mass is 194 g/mol. The Morgan fingerprint density at radius 2 is 2.29 bits per heavy atom. The molecule has 3 nitrogen and oxygen atoms in total. The Labute approximate surface area is 83.3 Å². The van der Waals surface area contributed by atoms with Gasteiger partial charge in [-0.15, -0.1) is 0 Å². The molecule has 0 aliphatic heterocycles. The molecule has 0 bridgehead atoms. The predicted molar refractivity (Wildman–Crippen MR) is 53.8 cm³/mol. The normalized spacial score (nSPS) is 12.1. The summed E-state index contributed by atoms with van der Waals surface area (Å²) in [6.45, 7) is 1.95. The SMILES string of the molecule is COc1cc(O)ccc1C(C)CC=O. The Kier molecular flexibility index (Phi) is 3.51. The molecule has 0 fully saturated rings. The zero-order valence-corrected chi connectivity index (χ0v) is 8.36. The second-order valence-electron chi connectivity index (χ2n) is 3.23. The molecule has 1 rings (SSSR count). The topological polar surface area (TPSA) is 46.5 Å². The van der Waals surface area contributed by atoms with Gasteiger partial charge >= 0.3 is 0 Å². The zero-order valence-electron chi connectivity index (χ0n) is 8.36. The summed E-state index contributed by atoms with van der Waals surface area (Å²) in [5, 5.41) is 9.23. The van der Waals surface area contributed by atoms with E-state index >= 15 is 0 Å². The van der Waals surface area contributed by atoms with E-state index in [4.69, 9.17) is 4.74 Å². The van der Waals surface area contributed by atoms with Crippen molar-refractivity contribution in [3.05, 3.63) is 23.8 Å². The number of aldehydes is 1. The Bertz CT molecular complexity index is 320. The van der Waals surface area contributed by atoms with Crippen LogP contribution >= 0.6 is 0 Å². The van der Waals surface area contributed by atoms with Crippen LogP contribution in [0.15, 0.2) is 18.2 Å². The summed E-state index contributed by atoms with van der Waals surface area (Å²) in [4.78, 5) is 10.4. The molecular formula is C11H14O3. The number of phenols is 1. The highest BCUT2D eigenvalue weighted by Gasteiger charge is 2.11. The number of benzene rings is 1. The number of ether oxygens (including phenoxy) is 1. The molecule has 0 saturated heterocycles. The first-order chi connectivity index (χ1) is 6.69. The van der Waals surface area contributed by atoms with Gasteiger partial charge in [-0.05, 0) is 17.5 Å². The molecule has 0 heterocycles. The number of carbonyl (C=O) groups is 1. The van der Waals surface area contributed by atoms with Crippen LogP contribution < -0.4 is 4.74 Å². The van der Waals surface area contributed by atoms with Crippen LogP contribution in [0, 0.1) is 0 Å². The molecule has 1 N–H and O–H groups in total. The molecule has 0 saturated carbocycles. The largest absolute Gasteiger partial charge is 0.508 e. The Balaban J connectivity index is 3.00. The van der Waals surface area contributed by atoms with Crippen molar-refractivity contribution in [2.24, 2.45) is 0 Å². The number of aromatic hydroxyl groups is 1. The van der Waals surface area contributed by atoms with Gasteiger partial charge in [-0.3, -0.25) is 0 Å². The maximum absolute atomic E-state index is 10.4. The van der Waals surface area contributed by atoms with Crippen LogP contribution in [0.25, 0.3) is 0 Å². The number of carbonyl (C=O) groups excluding carboxylic acids is 1. The van der Waals surface area contributed by atoms with Gasteiger partial charge in [0.25, 0.3) is 0 Å². The fraction of sp³-hybridized carbons (Fsp3) is 0.364. The summed E-state index contributed by atoms with van der Waals surface area (Å²) >= 11 is 0. The fourth-order valence-electron chi connectivity index (χ4n) is 1.38. The van der Waals surface area contributed by atoms with E-state index in [-0.39, 0.29) is 11.7 Å². The third-order valence-corrected chi connectivity index (χ3v) is 2.20. The summed E-state index contributed by atoms with van der Waals surface area (Å²) in [5.41, 5.74) is 0.942. The first-order valence-corrected chi connectivity index (χ1v) is 4.49. The van der Waals surface area contributed by atoms with Gasteiger partial charge in [-0.25, -0.2) is 0 Å². The second-order valence-corrected chi connectivity index (χ2v) is 3.23. The lowest BCUT2D eigenvalue weighted by Gasteiger charge is -2.13. The van der Waals surface area contributed by atoms with Crippen molar-refractivity contribution in [2.75, 3.05) is 7.11 Å². The molecule has 1 unspecified atom stereocenters. The van der Waals surface area contributed by atoms with E-state index in [1.54, 1.807) is 25.3 Å². The van der Waals surface area contributed by atoms with Gasteiger partial charge in [0, 0.05) is 12.5 Å². The molecule has 0 aromatic heterocycles. The number of hydrogen-bond acceptors (Lipinski definition) is 3. The van der Waals surface area contributed by atoms with Crippen molar-refractivity contribution in [1.82, 2.24) is 0 Å². The summed E-state index contributed by atoms with van der Waals surface area (Å²) in [6, 6.07) is 4.93. The first-order valence-electron chi connectivity index (χ1n) is 4.49. The van der Waals surface area contributed by atoms with Crippen LogP contribution in [-0.4, -0.2) is 18.5 Å². The molecule has 0 spiro atoms. The average Bonchev–Trinajstić information content (AvgIpc) is 2.17. The van der Waals surface area contributed by atoms with E-state index in [9.17, 15) is 9.90 Å². The minimum atomic E-state index is 0.114. The molecule has 0 radical (unpaired) electrons. The fourth-order valence-corrected chi connectivity index (χ4v) is 1.38. The van der Waals surface area contributed by atoms with Crippen LogP contribution in [0.1, 0.15) is 24.8 Å². The molecule has 1 atom stereocenters. The van der Waals surface area contributed by atoms with Crippen LogP contribution in [0.5, 0.6) is 11.5 Å². The lowest BCUT2D eigenvalue weighted by molar-refractivity contribution is -0.108. The van der Waals surface area contributed by atoms with E-state index in [1.807, 2.05) is 6.92 Å². The summed E-state index contributed by atoms with van der Waals surface area (Å²) < 4.78 is 5.12. The molecule has 0 aliphatic carbocycles. The molecule has 76 valence electrons. The van der Waals surface area contributed by atoms with Gasteiger partial charge in [-0.1, -0.05) is 13.0 Å².